The van der Waals surface area contributed by atoms with Crippen molar-refractivity contribution < 1.29 is 0 Å². The second-order valence-corrected chi connectivity index (χ2v) is 6.13. The van der Waals surface area contributed by atoms with Gasteiger partial charge in [0.2, 0.25) is 0 Å². The zero-order valence-corrected chi connectivity index (χ0v) is 9.97. The van der Waals surface area contributed by atoms with Crippen LogP contribution in [-0.2, 0) is 0 Å². The van der Waals surface area contributed by atoms with Crippen molar-refractivity contribution in [1.29, 1.82) is 0 Å². The SMILES string of the molecule is CCCCS(CCCC)=C(C)C. The second-order valence-electron chi connectivity index (χ2n) is 3.52. The molecule has 0 bridgehead atoms. The van der Waals surface area contributed by atoms with E-state index in [-0.39, 0.29) is 0 Å². The molecule has 0 N–H and O–H groups in total. The molecular weight excluding hydrogens is 164 g/mol. The van der Waals surface area contributed by atoms with E-state index >= 15 is 0 Å². The summed E-state index contributed by atoms with van der Waals surface area (Å²) in [6.07, 6.45) is 5.53. The Morgan fingerprint density at radius 3 is 1.58 bits per heavy atom. The van der Waals surface area contributed by atoms with E-state index in [1.165, 1.54) is 37.2 Å². The van der Waals surface area contributed by atoms with Crippen molar-refractivity contribution in [3.8, 4) is 0 Å². The van der Waals surface area contributed by atoms with Gasteiger partial charge in [0.05, 0.1) is 0 Å². The first kappa shape index (κ1) is 12.2. The monoisotopic (exact) mass is 188 g/mol. The van der Waals surface area contributed by atoms with Crippen molar-refractivity contribution in [2.45, 2.75) is 53.4 Å². The highest BCUT2D eigenvalue weighted by molar-refractivity contribution is 8.15. The molecule has 1 heteroatoms. The molecule has 74 valence electrons. The summed E-state index contributed by atoms with van der Waals surface area (Å²) < 4.78 is 0. The third-order valence-electron chi connectivity index (χ3n) is 2.07. The van der Waals surface area contributed by atoms with Crippen molar-refractivity contribution in [3.05, 3.63) is 0 Å². The lowest BCUT2D eigenvalue weighted by atomic mass is 10.4. The molecule has 0 spiro atoms. The predicted octanol–water partition coefficient (Wildman–Crippen LogP) is 4.07. The Bertz CT molecular complexity index is 122. The summed E-state index contributed by atoms with van der Waals surface area (Å²) in [5.74, 6) is 2.89. The topological polar surface area (TPSA) is 0 Å². The quantitative estimate of drug-likeness (QED) is 0.551. The van der Waals surface area contributed by atoms with Crippen LogP contribution >= 0.6 is 10.5 Å². The van der Waals surface area contributed by atoms with E-state index in [1.54, 1.807) is 4.86 Å². The van der Waals surface area contributed by atoms with Crippen LogP contribution in [0.25, 0.3) is 0 Å². The molecule has 0 amide bonds. The minimum absolute atomic E-state index is 0.641. The number of hydrogen-bond donors (Lipinski definition) is 0. The molecule has 0 aromatic rings. The first-order chi connectivity index (χ1) is 5.72. The first-order valence-electron chi connectivity index (χ1n) is 5.20. The van der Waals surface area contributed by atoms with Crippen LogP contribution in [0.4, 0.5) is 0 Å². The maximum Gasteiger partial charge on any atom is -0.0118 e. The van der Waals surface area contributed by atoms with Crippen molar-refractivity contribution in [3.63, 3.8) is 0 Å². The molecule has 12 heavy (non-hydrogen) atoms. The zero-order valence-electron chi connectivity index (χ0n) is 9.15. The summed E-state index contributed by atoms with van der Waals surface area (Å²) >= 11 is 0. The summed E-state index contributed by atoms with van der Waals surface area (Å²) in [6.45, 7) is 9.17. The smallest absolute Gasteiger partial charge is 0.0118 e. The van der Waals surface area contributed by atoms with Gasteiger partial charge in [0.25, 0.3) is 0 Å². The van der Waals surface area contributed by atoms with E-state index in [0.29, 0.717) is 10.5 Å². The van der Waals surface area contributed by atoms with Crippen LogP contribution in [-0.4, -0.2) is 16.4 Å². The zero-order chi connectivity index (χ0) is 9.40. The molecule has 0 nitrogen and oxygen atoms in total. The van der Waals surface area contributed by atoms with Gasteiger partial charge in [-0.2, -0.15) is 10.5 Å². The van der Waals surface area contributed by atoms with Crippen molar-refractivity contribution in [1.82, 2.24) is 0 Å². The fourth-order valence-electron chi connectivity index (χ4n) is 1.15. The van der Waals surface area contributed by atoms with Gasteiger partial charge in [-0.1, -0.05) is 31.6 Å². The van der Waals surface area contributed by atoms with Gasteiger partial charge in [-0.15, -0.1) is 0 Å². The summed E-state index contributed by atoms with van der Waals surface area (Å²) in [7, 11) is 0.641. The molecule has 0 fully saturated rings. The molecule has 0 aromatic heterocycles. The van der Waals surface area contributed by atoms with E-state index < -0.39 is 0 Å². The van der Waals surface area contributed by atoms with Crippen LogP contribution in [0.1, 0.15) is 53.4 Å². The molecule has 0 saturated carbocycles. The summed E-state index contributed by atoms with van der Waals surface area (Å²) in [6, 6.07) is 0. The molecule has 0 heterocycles. The maximum atomic E-state index is 2.30. The van der Waals surface area contributed by atoms with E-state index in [9.17, 15) is 0 Å². The largest absolute Gasteiger partial charge is 0.187 e. The van der Waals surface area contributed by atoms with Crippen LogP contribution in [0.5, 0.6) is 0 Å². The second kappa shape index (κ2) is 7.85. The van der Waals surface area contributed by atoms with Crippen LogP contribution in [0.2, 0.25) is 0 Å². The van der Waals surface area contributed by atoms with Gasteiger partial charge in [-0.05, 0) is 38.2 Å². The Morgan fingerprint density at radius 2 is 1.33 bits per heavy atom. The third kappa shape index (κ3) is 5.82. The Kier molecular flexibility index (Phi) is 7.99. The van der Waals surface area contributed by atoms with Crippen molar-refractivity contribution in [2.75, 3.05) is 11.5 Å². The molecule has 0 radical (unpaired) electrons. The van der Waals surface area contributed by atoms with Gasteiger partial charge in [0.15, 0.2) is 0 Å². The highest BCUT2D eigenvalue weighted by Crippen LogP contribution is 2.19. The average Bonchev–Trinajstić information content (AvgIpc) is 2.04. The number of hydrogen-bond acceptors (Lipinski definition) is 0. The Morgan fingerprint density at radius 1 is 0.917 bits per heavy atom. The minimum Gasteiger partial charge on any atom is -0.187 e. The standard InChI is InChI=1S/C11H24S/c1-5-7-9-12(11(3)4)10-8-6-2/h5-10H2,1-4H3. The molecule has 0 aliphatic heterocycles. The minimum atomic E-state index is 0.641. The van der Waals surface area contributed by atoms with E-state index in [1.807, 2.05) is 0 Å². The summed E-state index contributed by atoms with van der Waals surface area (Å²) in [5, 5.41) is 0. The normalized spacial score (nSPS) is 10.8. The fourth-order valence-corrected chi connectivity index (χ4v) is 3.44. The summed E-state index contributed by atoms with van der Waals surface area (Å²) in [4.78, 5) is 1.66. The molecule has 0 aliphatic rings. The van der Waals surface area contributed by atoms with E-state index in [0.717, 1.165) is 0 Å². The maximum absolute atomic E-state index is 2.30. The molecule has 0 aliphatic carbocycles. The van der Waals surface area contributed by atoms with Crippen LogP contribution in [0.15, 0.2) is 0 Å². The molecule has 0 rings (SSSR count). The van der Waals surface area contributed by atoms with Gasteiger partial charge in [0, 0.05) is 0 Å². The van der Waals surface area contributed by atoms with Crippen molar-refractivity contribution in [2.24, 2.45) is 0 Å². The number of rotatable bonds is 6. The Hall–Kier alpha value is 0.220. The van der Waals surface area contributed by atoms with Gasteiger partial charge in [-0.3, -0.25) is 0 Å². The van der Waals surface area contributed by atoms with Crippen LogP contribution < -0.4 is 0 Å². The highest BCUT2D eigenvalue weighted by atomic mass is 32.2. The first-order valence-corrected chi connectivity index (χ1v) is 6.76. The average molecular weight is 188 g/mol. The number of unbranched alkanes of at least 4 members (excludes halogenated alkanes) is 2. The van der Waals surface area contributed by atoms with Gasteiger partial charge in [0.1, 0.15) is 0 Å². The lowest BCUT2D eigenvalue weighted by Gasteiger charge is -2.10. The van der Waals surface area contributed by atoms with E-state index in [4.69, 9.17) is 0 Å². The molecule has 0 atom stereocenters. The molecule has 0 saturated heterocycles. The van der Waals surface area contributed by atoms with Crippen LogP contribution in [0.3, 0.4) is 0 Å². The molecule has 0 unspecified atom stereocenters. The lowest BCUT2D eigenvalue weighted by molar-refractivity contribution is 0.878. The van der Waals surface area contributed by atoms with Gasteiger partial charge in [-0.25, -0.2) is 0 Å². The van der Waals surface area contributed by atoms with Gasteiger partial charge >= 0.3 is 0 Å². The van der Waals surface area contributed by atoms with Gasteiger partial charge < -0.3 is 0 Å². The van der Waals surface area contributed by atoms with E-state index in [2.05, 4.69) is 27.7 Å². The lowest BCUT2D eigenvalue weighted by Crippen LogP contribution is -1.94. The molecule has 0 aromatic carbocycles. The van der Waals surface area contributed by atoms with Crippen LogP contribution in [0, 0.1) is 0 Å². The summed E-state index contributed by atoms with van der Waals surface area (Å²) in [5.41, 5.74) is 0. The van der Waals surface area contributed by atoms with Crippen molar-refractivity contribution >= 4 is 15.3 Å². The third-order valence-corrected chi connectivity index (χ3v) is 4.78. The Balaban J connectivity index is 3.80. The highest BCUT2D eigenvalue weighted by Gasteiger charge is 1.96. The Labute approximate surface area is 80.7 Å². The fraction of sp³-hybridized carbons (Fsp3) is 0.909. The predicted molar refractivity (Wildman–Crippen MR) is 63.5 cm³/mol. The molecular formula is C11H24S.